The van der Waals surface area contributed by atoms with Crippen LogP contribution in [0.2, 0.25) is 0 Å². The van der Waals surface area contributed by atoms with Gasteiger partial charge in [-0.25, -0.2) is 9.18 Å². The standard InChI is InChI=1S/C23H21FN4O3/c1-26-10-3-11-28(23(26)31)20-16-4-2-9-25-19(16)21(29)18-17(20)13-27(22(18)30)12-14-5-7-15(24)8-6-14/h2,4-9,13,29-30H,3,10-12H2,1H3. The molecule has 2 aromatic heterocycles. The second-order valence-electron chi connectivity index (χ2n) is 7.80. The molecular formula is C23H21FN4O3. The molecular weight excluding hydrogens is 399 g/mol. The number of carbonyl (C=O) groups is 1. The normalized spacial score (nSPS) is 14.7. The predicted octanol–water partition coefficient (Wildman–Crippen LogP) is 4.05. The summed E-state index contributed by atoms with van der Waals surface area (Å²) in [4.78, 5) is 20.6. The molecule has 0 aliphatic carbocycles. The molecule has 1 aliphatic rings. The van der Waals surface area contributed by atoms with Crippen LogP contribution in [0.3, 0.4) is 0 Å². The molecule has 2 N–H and O–H groups in total. The number of rotatable bonds is 3. The lowest BCUT2D eigenvalue weighted by Crippen LogP contribution is -2.47. The van der Waals surface area contributed by atoms with Crippen LogP contribution in [0.5, 0.6) is 11.6 Å². The van der Waals surface area contributed by atoms with Crippen molar-refractivity contribution in [2.24, 2.45) is 0 Å². The highest BCUT2D eigenvalue weighted by molar-refractivity contribution is 6.19. The van der Waals surface area contributed by atoms with Gasteiger partial charge in [0.25, 0.3) is 0 Å². The van der Waals surface area contributed by atoms with Crippen LogP contribution in [0.4, 0.5) is 14.9 Å². The lowest BCUT2D eigenvalue weighted by Gasteiger charge is -2.34. The molecule has 31 heavy (non-hydrogen) atoms. The molecule has 2 amide bonds. The Morgan fingerprint density at radius 1 is 1.10 bits per heavy atom. The quantitative estimate of drug-likeness (QED) is 0.524. The van der Waals surface area contributed by atoms with E-state index in [-0.39, 0.29) is 35.4 Å². The van der Waals surface area contributed by atoms with Gasteiger partial charge in [0.2, 0.25) is 5.88 Å². The second kappa shape index (κ2) is 7.16. The molecule has 2 aromatic carbocycles. The van der Waals surface area contributed by atoms with Crippen LogP contribution in [0, 0.1) is 5.82 Å². The molecule has 0 unspecified atom stereocenters. The first-order valence-corrected chi connectivity index (χ1v) is 10.0. The second-order valence-corrected chi connectivity index (χ2v) is 7.80. The minimum absolute atomic E-state index is 0.136. The summed E-state index contributed by atoms with van der Waals surface area (Å²) in [6.45, 7) is 1.47. The van der Waals surface area contributed by atoms with Gasteiger partial charge in [-0.05, 0) is 36.2 Å². The molecule has 0 spiro atoms. The maximum Gasteiger partial charge on any atom is 0.324 e. The van der Waals surface area contributed by atoms with Crippen LogP contribution in [0.25, 0.3) is 21.7 Å². The smallest absolute Gasteiger partial charge is 0.324 e. The van der Waals surface area contributed by atoms with Gasteiger partial charge in [-0.15, -0.1) is 0 Å². The van der Waals surface area contributed by atoms with Gasteiger partial charge in [0.15, 0.2) is 5.75 Å². The molecule has 158 valence electrons. The van der Waals surface area contributed by atoms with E-state index in [9.17, 15) is 19.4 Å². The Kier molecular flexibility index (Phi) is 4.43. The highest BCUT2D eigenvalue weighted by Crippen LogP contribution is 2.46. The lowest BCUT2D eigenvalue weighted by molar-refractivity contribution is 0.207. The Morgan fingerprint density at radius 3 is 2.65 bits per heavy atom. The van der Waals surface area contributed by atoms with Crippen LogP contribution >= 0.6 is 0 Å². The SMILES string of the molecule is CN1CCCN(c2c3cccnc3c(O)c3c(O)n(Cc4ccc(F)cc4)cc23)C1=O. The van der Waals surface area contributed by atoms with Crippen LogP contribution in [0.15, 0.2) is 48.8 Å². The van der Waals surface area contributed by atoms with Gasteiger partial charge in [0.1, 0.15) is 11.3 Å². The third-order valence-corrected chi connectivity index (χ3v) is 5.80. The predicted molar refractivity (Wildman–Crippen MR) is 116 cm³/mol. The van der Waals surface area contributed by atoms with Crippen molar-refractivity contribution in [1.82, 2.24) is 14.5 Å². The number of phenols is 1. The molecule has 0 bridgehead atoms. The molecule has 0 atom stereocenters. The number of fused-ring (bicyclic) bond motifs is 2. The fourth-order valence-corrected chi connectivity index (χ4v) is 4.28. The highest BCUT2D eigenvalue weighted by Gasteiger charge is 2.30. The number of aromatic nitrogens is 2. The van der Waals surface area contributed by atoms with E-state index in [4.69, 9.17) is 0 Å². The Morgan fingerprint density at radius 2 is 1.87 bits per heavy atom. The molecule has 1 fully saturated rings. The summed E-state index contributed by atoms with van der Waals surface area (Å²) < 4.78 is 14.9. The Bertz CT molecular complexity index is 1320. The Labute approximate surface area is 177 Å². The molecule has 5 rings (SSSR count). The number of amides is 2. The van der Waals surface area contributed by atoms with E-state index in [2.05, 4.69) is 4.98 Å². The summed E-state index contributed by atoms with van der Waals surface area (Å²) in [7, 11) is 1.75. The zero-order valence-electron chi connectivity index (χ0n) is 16.9. The number of hydrogen-bond donors (Lipinski definition) is 2. The topological polar surface area (TPSA) is 81.8 Å². The molecule has 1 aliphatic heterocycles. The molecule has 8 heteroatoms. The van der Waals surface area contributed by atoms with Crippen molar-refractivity contribution in [3.63, 3.8) is 0 Å². The van der Waals surface area contributed by atoms with E-state index in [1.807, 2.05) is 6.07 Å². The number of carbonyl (C=O) groups excluding carboxylic acids is 1. The minimum atomic E-state index is -0.337. The van der Waals surface area contributed by atoms with Crippen molar-refractivity contribution in [3.8, 4) is 11.6 Å². The highest BCUT2D eigenvalue weighted by atomic mass is 19.1. The number of aromatic hydroxyl groups is 2. The van der Waals surface area contributed by atoms with Gasteiger partial charge in [-0.3, -0.25) is 9.88 Å². The number of urea groups is 1. The lowest BCUT2D eigenvalue weighted by atomic mass is 10.0. The fourth-order valence-electron chi connectivity index (χ4n) is 4.28. The van der Waals surface area contributed by atoms with Gasteiger partial charge in [0, 0.05) is 43.3 Å². The van der Waals surface area contributed by atoms with E-state index >= 15 is 0 Å². The number of anilines is 1. The van der Waals surface area contributed by atoms with Crippen molar-refractivity contribution < 1.29 is 19.4 Å². The van der Waals surface area contributed by atoms with Crippen molar-refractivity contribution in [2.75, 3.05) is 25.0 Å². The summed E-state index contributed by atoms with van der Waals surface area (Å²) in [6.07, 6.45) is 4.08. The van der Waals surface area contributed by atoms with Crippen LogP contribution in [-0.4, -0.2) is 50.8 Å². The van der Waals surface area contributed by atoms with E-state index in [0.29, 0.717) is 35.1 Å². The van der Waals surface area contributed by atoms with Gasteiger partial charge in [0.05, 0.1) is 17.6 Å². The molecule has 7 nitrogen and oxygen atoms in total. The minimum Gasteiger partial charge on any atom is -0.505 e. The van der Waals surface area contributed by atoms with Gasteiger partial charge in [-0.2, -0.15) is 0 Å². The monoisotopic (exact) mass is 420 g/mol. The summed E-state index contributed by atoms with van der Waals surface area (Å²) in [5.74, 6) is -0.610. The number of pyridine rings is 1. The van der Waals surface area contributed by atoms with Crippen molar-refractivity contribution in [1.29, 1.82) is 0 Å². The van der Waals surface area contributed by atoms with Crippen LogP contribution in [-0.2, 0) is 6.54 Å². The molecule has 3 heterocycles. The average Bonchev–Trinajstić information content (AvgIpc) is 3.09. The van der Waals surface area contributed by atoms with Crippen molar-refractivity contribution in [3.05, 3.63) is 60.2 Å². The molecule has 0 radical (unpaired) electrons. The first-order valence-electron chi connectivity index (χ1n) is 10.0. The fraction of sp³-hybridized carbons (Fsp3) is 0.217. The van der Waals surface area contributed by atoms with Crippen molar-refractivity contribution >= 4 is 33.4 Å². The molecule has 4 aromatic rings. The van der Waals surface area contributed by atoms with Crippen LogP contribution in [0.1, 0.15) is 12.0 Å². The third-order valence-electron chi connectivity index (χ3n) is 5.80. The van der Waals surface area contributed by atoms with Crippen LogP contribution < -0.4 is 4.90 Å². The average molecular weight is 420 g/mol. The number of phenolic OH excluding ortho intramolecular Hbond substituents is 1. The van der Waals surface area contributed by atoms with Crippen molar-refractivity contribution in [2.45, 2.75) is 13.0 Å². The van der Waals surface area contributed by atoms with Gasteiger partial charge < -0.3 is 19.7 Å². The Hall–Kier alpha value is -3.81. The number of hydrogen-bond acceptors (Lipinski definition) is 4. The molecule has 0 saturated carbocycles. The third kappa shape index (κ3) is 3.02. The summed E-state index contributed by atoms with van der Waals surface area (Å²) >= 11 is 0. The zero-order chi connectivity index (χ0) is 21.7. The summed E-state index contributed by atoms with van der Waals surface area (Å²) in [5, 5.41) is 23.4. The molecule has 1 saturated heterocycles. The van der Waals surface area contributed by atoms with Gasteiger partial charge in [-0.1, -0.05) is 12.1 Å². The van der Waals surface area contributed by atoms with E-state index in [0.717, 1.165) is 12.0 Å². The number of halogens is 1. The largest absolute Gasteiger partial charge is 0.505 e. The summed E-state index contributed by atoms with van der Waals surface area (Å²) in [5.41, 5.74) is 1.72. The maximum atomic E-state index is 13.3. The van der Waals surface area contributed by atoms with E-state index in [1.54, 1.807) is 52.0 Å². The van der Waals surface area contributed by atoms with E-state index < -0.39 is 0 Å². The number of nitrogens with zero attached hydrogens (tertiary/aromatic N) is 4. The first kappa shape index (κ1) is 19.2. The number of benzene rings is 2. The first-order chi connectivity index (χ1) is 15.0. The maximum absolute atomic E-state index is 13.3. The Balaban J connectivity index is 1.76. The summed E-state index contributed by atoms with van der Waals surface area (Å²) in [6, 6.07) is 9.42. The van der Waals surface area contributed by atoms with Gasteiger partial charge >= 0.3 is 6.03 Å². The van der Waals surface area contributed by atoms with E-state index in [1.165, 1.54) is 12.1 Å². The zero-order valence-corrected chi connectivity index (χ0v) is 16.9.